The number of ether oxygens (including phenoxy) is 3. The molecular weight excluding hydrogens is 366 g/mol. The normalized spacial score (nSPS) is 28.1. The van der Waals surface area contributed by atoms with Crippen molar-refractivity contribution in [2.45, 2.75) is 44.2 Å². The summed E-state index contributed by atoms with van der Waals surface area (Å²) in [4.78, 5) is 28.7. The predicted molar refractivity (Wildman–Crippen MR) is 97.7 cm³/mol. The van der Waals surface area contributed by atoms with Gasteiger partial charge < -0.3 is 24.6 Å². The number of nitrogens with one attached hydrogen (secondary N) is 1. The van der Waals surface area contributed by atoms with E-state index in [1.54, 1.807) is 44.2 Å². The molecule has 0 saturated carbocycles. The Bertz CT molecular complexity index is 929. The Morgan fingerprint density at radius 1 is 1.21 bits per heavy atom. The number of rotatable bonds is 4. The molecule has 9 nitrogen and oxygen atoms in total. The van der Waals surface area contributed by atoms with Gasteiger partial charge in [0.25, 0.3) is 5.91 Å². The Labute approximate surface area is 160 Å². The van der Waals surface area contributed by atoms with Crippen molar-refractivity contribution >= 4 is 11.7 Å². The fraction of sp³-hybridized carbons (Fsp3) is 0.421. The van der Waals surface area contributed by atoms with Gasteiger partial charge in [0, 0.05) is 11.8 Å². The molecule has 2 aromatic rings. The third kappa shape index (κ3) is 3.45. The summed E-state index contributed by atoms with van der Waals surface area (Å²) in [6.45, 7) is 3.27. The number of aliphatic hydroxyl groups excluding tert-OH is 1. The summed E-state index contributed by atoms with van der Waals surface area (Å²) in [5.41, 5.74) is -0.151. The molecule has 2 aliphatic rings. The topological polar surface area (TPSA) is 112 Å². The van der Waals surface area contributed by atoms with E-state index < -0.39 is 36.0 Å². The van der Waals surface area contributed by atoms with Gasteiger partial charge in [0.15, 0.2) is 12.0 Å². The second kappa shape index (κ2) is 7.10. The zero-order chi connectivity index (χ0) is 19.9. The lowest BCUT2D eigenvalue weighted by atomic mass is 10.1. The number of hydrogen-bond acceptors (Lipinski definition) is 7. The second-order valence-electron chi connectivity index (χ2n) is 7.14. The molecular formula is C19H21N3O6. The minimum atomic E-state index is -0.842. The second-order valence-corrected chi connectivity index (χ2v) is 7.14. The average molecular weight is 387 g/mol. The van der Waals surface area contributed by atoms with Crippen LogP contribution in [0.25, 0.3) is 0 Å². The summed E-state index contributed by atoms with van der Waals surface area (Å²) >= 11 is 0. The van der Waals surface area contributed by atoms with E-state index in [9.17, 15) is 14.7 Å². The number of fused-ring (bicyclic) bond motifs is 1. The first kappa shape index (κ1) is 18.8. The van der Waals surface area contributed by atoms with Crippen LogP contribution in [0.4, 0.5) is 5.82 Å². The number of carbonyl (C=O) groups is 1. The van der Waals surface area contributed by atoms with Gasteiger partial charge in [0.2, 0.25) is 0 Å². The highest BCUT2D eigenvalue weighted by Gasteiger charge is 2.55. The Morgan fingerprint density at radius 3 is 2.61 bits per heavy atom. The molecule has 4 atom stereocenters. The summed E-state index contributed by atoms with van der Waals surface area (Å²) in [5, 5.41) is 12.2. The zero-order valence-electron chi connectivity index (χ0n) is 15.4. The van der Waals surface area contributed by atoms with Gasteiger partial charge in [-0.05, 0) is 32.0 Å². The van der Waals surface area contributed by atoms with Crippen LogP contribution >= 0.6 is 0 Å². The molecule has 1 aromatic heterocycles. The Hall–Kier alpha value is -2.59. The number of aliphatic hydroxyl groups is 1. The van der Waals surface area contributed by atoms with Gasteiger partial charge in [0.05, 0.1) is 6.61 Å². The number of hydrogen-bond donors (Lipinski definition) is 2. The first-order chi connectivity index (χ1) is 13.4. The van der Waals surface area contributed by atoms with Gasteiger partial charge in [-0.3, -0.25) is 9.36 Å². The zero-order valence-corrected chi connectivity index (χ0v) is 15.4. The maximum atomic E-state index is 12.6. The van der Waals surface area contributed by atoms with Crippen LogP contribution < -0.4 is 11.0 Å². The molecule has 28 heavy (non-hydrogen) atoms. The van der Waals surface area contributed by atoms with E-state index in [0.29, 0.717) is 5.56 Å². The Balaban J connectivity index is 1.55. The van der Waals surface area contributed by atoms with E-state index in [1.807, 2.05) is 0 Å². The summed E-state index contributed by atoms with van der Waals surface area (Å²) in [6, 6.07) is 10.1. The van der Waals surface area contributed by atoms with Gasteiger partial charge in [-0.1, -0.05) is 18.2 Å². The molecule has 4 rings (SSSR count). The van der Waals surface area contributed by atoms with Gasteiger partial charge in [-0.25, -0.2) is 4.79 Å². The van der Waals surface area contributed by atoms with Crippen LogP contribution in [0.3, 0.4) is 0 Å². The summed E-state index contributed by atoms with van der Waals surface area (Å²) in [6.07, 6.45) is -0.971. The third-order valence-electron chi connectivity index (χ3n) is 4.69. The summed E-state index contributed by atoms with van der Waals surface area (Å²) in [5.74, 6) is -1.07. The molecule has 0 spiro atoms. The first-order valence-electron chi connectivity index (χ1n) is 8.95. The molecule has 0 aliphatic carbocycles. The maximum absolute atomic E-state index is 12.6. The molecule has 2 N–H and O–H groups in total. The number of nitrogens with zero attached hydrogens (tertiary/aromatic N) is 2. The van der Waals surface area contributed by atoms with E-state index in [1.165, 1.54) is 16.8 Å². The van der Waals surface area contributed by atoms with E-state index in [4.69, 9.17) is 14.2 Å². The maximum Gasteiger partial charge on any atom is 0.351 e. The number of carbonyl (C=O) groups excluding carboxylic acids is 1. The average Bonchev–Trinajstić information content (AvgIpc) is 3.15. The minimum absolute atomic E-state index is 0.132. The van der Waals surface area contributed by atoms with Crippen molar-refractivity contribution in [2.24, 2.45) is 0 Å². The lowest BCUT2D eigenvalue weighted by Gasteiger charge is -2.24. The van der Waals surface area contributed by atoms with Crippen molar-refractivity contribution in [3.63, 3.8) is 0 Å². The Morgan fingerprint density at radius 2 is 1.93 bits per heavy atom. The highest BCUT2D eigenvalue weighted by molar-refractivity contribution is 6.03. The smallest absolute Gasteiger partial charge is 0.351 e. The van der Waals surface area contributed by atoms with Crippen molar-refractivity contribution < 1.29 is 24.1 Å². The Kier molecular flexibility index (Phi) is 4.76. The van der Waals surface area contributed by atoms with Crippen LogP contribution in [0.1, 0.15) is 30.4 Å². The van der Waals surface area contributed by atoms with Crippen LogP contribution in [0.15, 0.2) is 47.4 Å². The number of anilines is 1. The lowest BCUT2D eigenvalue weighted by molar-refractivity contribution is -0.200. The lowest BCUT2D eigenvalue weighted by Crippen LogP contribution is -2.35. The molecule has 3 heterocycles. The van der Waals surface area contributed by atoms with Gasteiger partial charge >= 0.3 is 5.69 Å². The van der Waals surface area contributed by atoms with Crippen molar-refractivity contribution in [1.82, 2.24) is 9.55 Å². The molecule has 2 aliphatic heterocycles. The van der Waals surface area contributed by atoms with Gasteiger partial charge in [-0.2, -0.15) is 4.98 Å². The minimum Gasteiger partial charge on any atom is -0.394 e. The SMILES string of the molecule is CC1(C)O[C@@H]2[C@H](O1)[C@H](CO)O[C@H]2n1ccc(NC(=O)c2ccccc2)nc1=O. The van der Waals surface area contributed by atoms with Crippen molar-refractivity contribution in [3.8, 4) is 0 Å². The molecule has 1 amide bonds. The predicted octanol–water partition coefficient (Wildman–Crippen LogP) is 0.905. The largest absolute Gasteiger partial charge is 0.394 e. The van der Waals surface area contributed by atoms with E-state index in [-0.39, 0.29) is 18.3 Å². The molecule has 9 heteroatoms. The van der Waals surface area contributed by atoms with Crippen molar-refractivity contribution in [2.75, 3.05) is 11.9 Å². The summed E-state index contributed by atoms with van der Waals surface area (Å²) < 4.78 is 18.7. The third-order valence-corrected chi connectivity index (χ3v) is 4.69. The molecule has 1 aromatic carbocycles. The van der Waals surface area contributed by atoms with Crippen LogP contribution in [-0.2, 0) is 14.2 Å². The molecule has 0 bridgehead atoms. The molecule has 2 saturated heterocycles. The monoisotopic (exact) mass is 387 g/mol. The molecule has 148 valence electrons. The number of amides is 1. The highest BCUT2D eigenvalue weighted by atomic mass is 16.8. The molecule has 0 unspecified atom stereocenters. The van der Waals surface area contributed by atoms with E-state index in [2.05, 4.69) is 10.3 Å². The van der Waals surface area contributed by atoms with Crippen LogP contribution in [-0.4, -0.2) is 51.3 Å². The number of benzene rings is 1. The fourth-order valence-corrected chi connectivity index (χ4v) is 3.48. The standard InChI is InChI=1S/C19H21N3O6/c1-19(2)27-14-12(10-23)26-17(15(14)28-19)22-9-8-13(21-18(22)25)20-16(24)11-6-4-3-5-7-11/h3-9,12,14-15,17,23H,10H2,1-2H3,(H,20,21,24,25)/t12-,14+,15+,17+/m0/s1. The van der Waals surface area contributed by atoms with Gasteiger partial charge in [0.1, 0.15) is 24.1 Å². The van der Waals surface area contributed by atoms with Crippen LogP contribution in [0, 0.1) is 0 Å². The quantitative estimate of drug-likeness (QED) is 0.802. The molecule has 0 radical (unpaired) electrons. The number of aromatic nitrogens is 2. The highest BCUT2D eigenvalue weighted by Crippen LogP contribution is 2.42. The van der Waals surface area contributed by atoms with Crippen molar-refractivity contribution in [1.29, 1.82) is 0 Å². The van der Waals surface area contributed by atoms with Crippen LogP contribution in [0.5, 0.6) is 0 Å². The fourth-order valence-electron chi connectivity index (χ4n) is 3.48. The first-order valence-corrected chi connectivity index (χ1v) is 8.95. The van der Waals surface area contributed by atoms with E-state index >= 15 is 0 Å². The van der Waals surface area contributed by atoms with E-state index in [0.717, 1.165) is 0 Å². The van der Waals surface area contributed by atoms with Gasteiger partial charge in [-0.15, -0.1) is 0 Å². The van der Waals surface area contributed by atoms with Crippen molar-refractivity contribution in [3.05, 3.63) is 58.6 Å². The van der Waals surface area contributed by atoms with Crippen LogP contribution in [0.2, 0.25) is 0 Å². The summed E-state index contributed by atoms with van der Waals surface area (Å²) in [7, 11) is 0. The molecule has 2 fully saturated rings.